The van der Waals surface area contributed by atoms with Crippen LogP contribution < -0.4 is 0 Å². The van der Waals surface area contributed by atoms with Gasteiger partial charge in [0.2, 0.25) is 4.38 Å². The zero-order valence-electron chi connectivity index (χ0n) is 9.15. The van der Waals surface area contributed by atoms with Crippen LogP contribution in [0.1, 0.15) is 32.1 Å². The predicted octanol–water partition coefficient (Wildman–Crippen LogP) is 3.48. The molecule has 3 heteroatoms. The van der Waals surface area contributed by atoms with Crippen molar-refractivity contribution in [1.82, 2.24) is 0 Å². The lowest BCUT2D eigenvalue weighted by Crippen LogP contribution is -2.49. The molecule has 0 atom stereocenters. The Morgan fingerprint density at radius 2 is 1.60 bits per heavy atom. The Morgan fingerprint density at radius 1 is 1.07 bits per heavy atom. The minimum absolute atomic E-state index is 0.470. The summed E-state index contributed by atoms with van der Waals surface area (Å²) in [5.41, 5.74) is 0. The van der Waals surface area contributed by atoms with Gasteiger partial charge in [0.15, 0.2) is 0 Å². The van der Waals surface area contributed by atoms with E-state index in [2.05, 4.69) is 0 Å². The fourth-order valence-electron chi connectivity index (χ4n) is 4.23. The van der Waals surface area contributed by atoms with Crippen LogP contribution in [0.3, 0.4) is 0 Å². The highest BCUT2D eigenvalue weighted by molar-refractivity contribution is 8.22. The lowest BCUT2D eigenvalue weighted by atomic mass is 9.55. The smallest absolute Gasteiger partial charge is 0.219 e. The average molecular weight is 242 g/mol. The molecule has 84 valence electrons. The van der Waals surface area contributed by atoms with E-state index in [1.54, 1.807) is 11.8 Å². The van der Waals surface area contributed by atoms with Gasteiger partial charge in [-0.05, 0) is 74.2 Å². The second-order valence-electron chi connectivity index (χ2n) is 5.47. The number of hydrogen-bond acceptors (Lipinski definition) is 3. The van der Waals surface area contributed by atoms with Gasteiger partial charge in [-0.25, -0.2) is 0 Å². The second-order valence-corrected chi connectivity index (χ2v) is 6.88. The van der Waals surface area contributed by atoms with E-state index in [0.717, 1.165) is 28.1 Å². The molecule has 0 N–H and O–H groups in total. The highest BCUT2D eigenvalue weighted by Gasteiger charge is 2.49. The van der Waals surface area contributed by atoms with Gasteiger partial charge in [-0.3, -0.25) is 0 Å². The number of rotatable bonds is 1. The van der Waals surface area contributed by atoms with Crippen LogP contribution in [-0.2, 0) is 4.74 Å². The van der Waals surface area contributed by atoms with E-state index >= 15 is 0 Å². The molecule has 0 aromatic carbocycles. The summed E-state index contributed by atoms with van der Waals surface area (Å²) in [6.45, 7) is 0. The number of thiocarbonyl (C=S) groups is 1. The van der Waals surface area contributed by atoms with E-state index in [9.17, 15) is 0 Å². The highest BCUT2D eigenvalue weighted by atomic mass is 32.2. The zero-order valence-corrected chi connectivity index (χ0v) is 10.8. The van der Waals surface area contributed by atoms with Gasteiger partial charge in [0.1, 0.15) is 6.10 Å². The fourth-order valence-corrected chi connectivity index (χ4v) is 4.55. The summed E-state index contributed by atoms with van der Waals surface area (Å²) in [5.74, 6) is 3.70. The van der Waals surface area contributed by atoms with Crippen LogP contribution >= 0.6 is 24.0 Å². The molecule has 4 saturated carbocycles. The van der Waals surface area contributed by atoms with Gasteiger partial charge in [-0.2, -0.15) is 0 Å². The minimum Gasteiger partial charge on any atom is -0.475 e. The van der Waals surface area contributed by atoms with E-state index in [1.807, 2.05) is 6.26 Å². The molecule has 0 unspecified atom stereocenters. The molecule has 4 rings (SSSR count). The fraction of sp³-hybridized carbons (Fsp3) is 0.917. The number of hydrogen-bond donors (Lipinski definition) is 0. The quantitative estimate of drug-likeness (QED) is 0.652. The van der Waals surface area contributed by atoms with Gasteiger partial charge in [-0.15, -0.1) is 0 Å². The van der Waals surface area contributed by atoms with Crippen molar-refractivity contribution in [1.29, 1.82) is 0 Å². The van der Waals surface area contributed by atoms with Gasteiger partial charge in [0.05, 0.1) is 0 Å². The lowest BCUT2D eigenvalue weighted by Gasteiger charge is -2.53. The van der Waals surface area contributed by atoms with Crippen LogP contribution in [-0.4, -0.2) is 16.7 Å². The molecular formula is C12H18OS2. The SMILES string of the molecule is CSC(=S)OC1C2CC3CC(C2)CC1C3. The maximum Gasteiger partial charge on any atom is 0.219 e. The first kappa shape index (κ1) is 10.4. The minimum atomic E-state index is 0.470. The highest BCUT2D eigenvalue weighted by Crippen LogP contribution is 2.54. The molecular weight excluding hydrogens is 224 g/mol. The van der Waals surface area contributed by atoms with Crippen molar-refractivity contribution < 1.29 is 4.74 Å². The molecule has 0 saturated heterocycles. The zero-order chi connectivity index (χ0) is 10.4. The molecule has 1 nitrogen and oxygen atoms in total. The third-order valence-corrected chi connectivity index (χ3v) is 5.56. The van der Waals surface area contributed by atoms with Crippen LogP contribution in [0.25, 0.3) is 0 Å². The Labute approximate surface area is 101 Å². The third kappa shape index (κ3) is 1.82. The first-order chi connectivity index (χ1) is 7.26. The molecule has 4 fully saturated rings. The van der Waals surface area contributed by atoms with Crippen LogP contribution in [0.15, 0.2) is 0 Å². The van der Waals surface area contributed by atoms with E-state index in [4.69, 9.17) is 17.0 Å². The normalized spacial score (nSPS) is 46.9. The average Bonchev–Trinajstić information content (AvgIpc) is 2.22. The van der Waals surface area contributed by atoms with Crippen molar-refractivity contribution in [3.63, 3.8) is 0 Å². The van der Waals surface area contributed by atoms with Gasteiger partial charge in [0.25, 0.3) is 0 Å². The van der Waals surface area contributed by atoms with E-state index in [-0.39, 0.29) is 0 Å². The largest absolute Gasteiger partial charge is 0.475 e. The molecule has 0 aliphatic heterocycles. The summed E-state index contributed by atoms with van der Waals surface area (Å²) in [7, 11) is 0. The van der Waals surface area contributed by atoms with Crippen molar-refractivity contribution in [2.75, 3.05) is 6.26 Å². The molecule has 0 aromatic rings. The molecule has 0 heterocycles. The Balaban J connectivity index is 1.72. The van der Waals surface area contributed by atoms with Crippen molar-refractivity contribution >= 4 is 28.4 Å². The summed E-state index contributed by atoms with van der Waals surface area (Å²) < 4.78 is 6.73. The molecule has 0 aromatic heterocycles. The molecule has 15 heavy (non-hydrogen) atoms. The summed E-state index contributed by atoms with van der Waals surface area (Å²) in [4.78, 5) is 0. The molecule has 0 amide bonds. The monoisotopic (exact) mass is 242 g/mol. The van der Waals surface area contributed by atoms with Crippen molar-refractivity contribution in [3.8, 4) is 0 Å². The van der Waals surface area contributed by atoms with Crippen LogP contribution in [0.5, 0.6) is 0 Å². The van der Waals surface area contributed by atoms with Gasteiger partial charge in [-0.1, -0.05) is 11.8 Å². The van der Waals surface area contributed by atoms with Crippen LogP contribution in [0.4, 0.5) is 0 Å². The Hall–Kier alpha value is 0.240. The maximum absolute atomic E-state index is 5.97. The van der Waals surface area contributed by atoms with Crippen molar-refractivity contribution in [3.05, 3.63) is 0 Å². The molecule has 4 aliphatic carbocycles. The van der Waals surface area contributed by atoms with Crippen molar-refractivity contribution in [2.24, 2.45) is 23.7 Å². The van der Waals surface area contributed by atoms with E-state index < -0.39 is 0 Å². The standard InChI is InChI=1S/C12H18OS2/c1-15-12(14)13-11-9-3-7-2-8(5-9)6-10(11)4-7/h7-11H,2-6H2,1H3. The van der Waals surface area contributed by atoms with Crippen molar-refractivity contribution in [2.45, 2.75) is 38.2 Å². The van der Waals surface area contributed by atoms with Gasteiger partial charge in [0, 0.05) is 0 Å². The lowest BCUT2D eigenvalue weighted by molar-refractivity contribution is -0.0818. The van der Waals surface area contributed by atoms with E-state index in [1.165, 1.54) is 32.1 Å². The maximum atomic E-state index is 5.97. The predicted molar refractivity (Wildman–Crippen MR) is 68.0 cm³/mol. The third-order valence-electron chi connectivity index (χ3n) is 4.54. The van der Waals surface area contributed by atoms with Crippen LogP contribution in [0.2, 0.25) is 0 Å². The second kappa shape index (κ2) is 3.92. The summed E-state index contributed by atoms with van der Waals surface area (Å²) in [6, 6.07) is 0. The molecule has 4 bridgehead atoms. The van der Waals surface area contributed by atoms with Crippen LogP contribution in [0, 0.1) is 23.7 Å². The molecule has 0 radical (unpaired) electrons. The van der Waals surface area contributed by atoms with E-state index in [0.29, 0.717) is 6.10 Å². The Bertz CT molecular complexity index is 249. The first-order valence-electron chi connectivity index (χ1n) is 6.01. The van der Waals surface area contributed by atoms with Gasteiger partial charge < -0.3 is 4.74 Å². The van der Waals surface area contributed by atoms with Gasteiger partial charge >= 0.3 is 0 Å². The summed E-state index contributed by atoms with van der Waals surface area (Å²) in [6.07, 6.45) is 9.63. The molecule has 0 spiro atoms. The number of ether oxygens (including phenoxy) is 1. The topological polar surface area (TPSA) is 9.23 Å². The number of thioether (sulfide) groups is 1. The summed E-state index contributed by atoms with van der Waals surface area (Å²) >= 11 is 6.77. The Morgan fingerprint density at radius 3 is 2.07 bits per heavy atom. The Kier molecular flexibility index (Phi) is 2.72. The summed E-state index contributed by atoms with van der Waals surface area (Å²) in [5, 5.41) is 0. The molecule has 4 aliphatic rings. The first-order valence-corrected chi connectivity index (χ1v) is 7.64.